The predicted molar refractivity (Wildman–Crippen MR) is 128 cm³/mol. The SMILES string of the molecule is CCCOc1cccc(C(O)=C2C(=O)C(=O)N(Cc3ccccc3)C2c2ccc(C)cc2)c1. The van der Waals surface area contributed by atoms with Gasteiger partial charge in [0.1, 0.15) is 11.5 Å². The Hall–Kier alpha value is -3.86. The summed E-state index contributed by atoms with van der Waals surface area (Å²) in [6.45, 7) is 4.81. The van der Waals surface area contributed by atoms with E-state index in [1.807, 2.05) is 68.4 Å². The molecule has 1 atom stereocenters. The fourth-order valence-corrected chi connectivity index (χ4v) is 4.03. The summed E-state index contributed by atoms with van der Waals surface area (Å²) in [4.78, 5) is 27.8. The number of hydrogen-bond acceptors (Lipinski definition) is 4. The van der Waals surface area contributed by atoms with Crippen molar-refractivity contribution in [3.05, 3.63) is 107 Å². The smallest absolute Gasteiger partial charge is 0.295 e. The van der Waals surface area contributed by atoms with E-state index in [0.29, 0.717) is 17.9 Å². The number of rotatable bonds is 7. The number of amides is 1. The quantitative estimate of drug-likeness (QED) is 0.303. The number of aliphatic hydroxyl groups is 1. The van der Waals surface area contributed by atoms with E-state index in [9.17, 15) is 14.7 Å². The van der Waals surface area contributed by atoms with Crippen LogP contribution in [0.5, 0.6) is 5.75 Å². The highest BCUT2D eigenvalue weighted by atomic mass is 16.5. The van der Waals surface area contributed by atoms with Crippen LogP contribution in [0.1, 0.15) is 41.6 Å². The van der Waals surface area contributed by atoms with Gasteiger partial charge in [0.05, 0.1) is 18.2 Å². The average molecular weight is 442 g/mol. The fourth-order valence-electron chi connectivity index (χ4n) is 4.03. The summed E-state index contributed by atoms with van der Waals surface area (Å²) in [6.07, 6.45) is 0.855. The van der Waals surface area contributed by atoms with Crippen LogP contribution in [0.3, 0.4) is 0 Å². The Kier molecular flexibility index (Phi) is 6.59. The average Bonchev–Trinajstić information content (AvgIpc) is 3.08. The van der Waals surface area contributed by atoms with Crippen molar-refractivity contribution in [3.63, 3.8) is 0 Å². The van der Waals surface area contributed by atoms with Crippen molar-refractivity contribution in [2.24, 2.45) is 0 Å². The first-order valence-electron chi connectivity index (χ1n) is 11.1. The Bertz CT molecular complexity index is 1180. The minimum Gasteiger partial charge on any atom is -0.507 e. The monoisotopic (exact) mass is 441 g/mol. The van der Waals surface area contributed by atoms with Crippen molar-refractivity contribution in [1.29, 1.82) is 0 Å². The third-order valence-electron chi connectivity index (χ3n) is 5.71. The molecule has 0 radical (unpaired) electrons. The first-order valence-corrected chi connectivity index (χ1v) is 11.1. The molecule has 4 rings (SSSR count). The standard InChI is InChI=1S/C28H27NO4/c1-3-16-33-23-11-7-10-22(17-23)26(30)24-25(21-14-12-19(2)13-15-21)29(28(32)27(24)31)18-20-8-5-4-6-9-20/h4-15,17,25,30H,3,16,18H2,1-2H3. The lowest BCUT2D eigenvalue weighted by Gasteiger charge is -2.25. The van der Waals surface area contributed by atoms with Gasteiger partial charge in [-0.05, 0) is 36.6 Å². The van der Waals surface area contributed by atoms with Crippen molar-refractivity contribution in [2.45, 2.75) is 32.9 Å². The molecule has 0 spiro atoms. The first-order chi connectivity index (χ1) is 16.0. The van der Waals surface area contributed by atoms with E-state index in [1.165, 1.54) is 4.90 Å². The van der Waals surface area contributed by atoms with E-state index in [1.54, 1.807) is 24.3 Å². The zero-order valence-electron chi connectivity index (χ0n) is 18.8. The Morgan fingerprint density at radius 3 is 2.39 bits per heavy atom. The maximum Gasteiger partial charge on any atom is 0.295 e. The second-order valence-electron chi connectivity index (χ2n) is 8.20. The van der Waals surface area contributed by atoms with Crippen molar-refractivity contribution in [3.8, 4) is 5.75 Å². The number of likely N-dealkylation sites (tertiary alicyclic amines) is 1. The highest BCUT2D eigenvalue weighted by Gasteiger charge is 2.46. The largest absolute Gasteiger partial charge is 0.507 e. The minimum atomic E-state index is -0.689. The van der Waals surface area contributed by atoms with Crippen LogP contribution in [0.4, 0.5) is 0 Å². The molecule has 1 fully saturated rings. The number of benzene rings is 3. The lowest BCUT2D eigenvalue weighted by atomic mass is 9.94. The molecule has 0 aliphatic carbocycles. The molecule has 3 aromatic rings. The van der Waals surface area contributed by atoms with Crippen molar-refractivity contribution >= 4 is 17.4 Å². The van der Waals surface area contributed by atoms with Gasteiger partial charge in [-0.15, -0.1) is 0 Å². The summed E-state index contributed by atoms with van der Waals surface area (Å²) in [5.41, 5.74) is 3.28. The lowest BCUT2D eigenvalue weighted by Crippen LogP contribution is -2.29. The Morgan fingerprint density at radius 1 is 0.970 bits per heavy atom. The molecule has 3 aromatic carbocycles. The number of ketones is 1. The summed E-state index contributed by atoms with van der Waals surface area (Å²) in [5, 5.41) is 11.3. The summed E-state index contributed by atoms with van der Waals surface area (Å²) in [5.74, 6) is -0.902. The Labute approximate surface area is 193 Å². The molecule has 1 aliphatic heterocycles. The maximum absolute atomic E-state index is 13.2. The van der Waals surface area contributed by atoms with E-state index in [-0.39, 0.29) is 17.9 Å². The van der Waals surface area contributed by atoms with Crippen molar-refractivity contribution in [2.75, 3.05) is 6.61 Å². The number of Topliss-reactive ketones (excluding diaryl/α,β-unsaturated/α-hetero) is 1. The highest BCUT2D eigenvalue weighted by molar-refractivity contribution is 6.46. The second-order valence-corrected chi connectivity index (χ2v) is 8.20. The number of nitrogens with zero attached hydrogens (tertiary/aromatic N) is 1. The summed E-state index contributed by atoms with van der Waals surface area (Å²) in [6, 6.07) is 23.5. The van der Waals surface area contributed by atoms with E-state index in [4.69, 9.17) is 4.74 Å². The van der Waals surface area contributed by atoms with Crippen LogP contribution < -0.4 is 4.74 Å². The molecular weight excluding hydrogens is 414 g/mol. The highest BCUT2D eigenvalue weighted by Crippen LogP contribution is 2.40. The van der Waals surface area contributed by atoms with Gasteiger partial charge in [-0.3, -0.25) is 9.59 Å². The molecule has 0 aromatic heterocycles. The number of hydrogen-bond donors (Lipinski definition) is 1. The van der Waals surface area contributed by atoms with Crippen LogP contribution in [0.15, 0.2) is 84.4 Å². The van der Waals surface area contributed by atoms with Crippen LogP contribution in [0.25, 0.3) is 5.76 Å². The van der Waals surface area contributed by atoms with Crippen LogP contribution in [-0.4, -0.2) is 28.3 Å². The second kappa shape index (κ2) is 9.74. The van der Waals surface area contributed by atoms with Gasteiger partial charge in [-0.25, -0.2) is 0 Å². The van der Waals surface area contributed by atoms with Gasteiger partial charge in [0.25, 0.3) is 11.7 Å². The zero-order chi connectivity index (χ0) is 23.4. The van der Waals surface area contributed by atoms with Gasteiger partial charge in [-0.1, -0.05) is 79.2 Å². The van der Waals surface area contributed by atoms with E-state index in [2.05, 4.69) is 0 Å². The van der Waals surface area contributed by atoms with Gasteiger partial charge < -0.3 is 14.7 Å². The maximum atomic E-state index is 13.2. The molecule has 1 saturated heterocycles. The van der Waals surface area contributed by atoms with E-state index >= 15 is 0 Å². The number of carbonyl (C=O) groups is 2. The number of carbonyl (C=O) groups excluding carboxylic acids is 2. The molecule has 168 valence electrons. The molecule has 1 N–H and O–H groups in total. The van der Waals surface area contributed by atoms with Crippen LogP contribution in [0, 0.1) is 6.92 Å². The normalized spacial score (nSPS) is 17.4. The molecule has 0 saturated carbocycles. The Morgan fingerprint density at radius 2 is 1.70 bits per heavy atom. The predicted octanol–water partition coefficient (Wildman–Crippen LogP) is 5.41. The molecule has 1 unspecified atom stereocenters. The van der Waals surface area contributed by atoms with Crippen molar-refractivity contribution < 1.29 is 19.4 Å². The molecule has 1 amide bonds. The van der Waals surface area contributed by atoms with Crippen LogP contribution in [-0.2, 0) is 16.1 Å². The molecular formula is C28H27NO4. The van der Waals surface area contributed by atoms with E-state index < -0.39 is 17.7 Å². The topological polar surface area (TPSA) is 66.8 Å². The number of aryl methyl sites for hydroxylation is 1. The molecule has 5 nitrogen and oxygen atoms in total. The van der Waals surface area contributed by atoms with Gasteiger partial charge in [-0.2, -0.15) is 0 Å². The molecule has 0 bridgehead atoms. The minimum absolute atomic E-state index is 0.0902. The van der Waals surface area contributed by atoms with E-state index in [0.717, 1.165) is 23.1 Å². The summed E-state index contributed by atoms with van der Waals surface area (Å²) < 4.78 is 5.69. The molecule has 33 heavy (non-hydrogen) atoms. The first kappa shape index (κ1) is 22.3. The third kappa shape index (κ3) is 4.67. The van der Waals surface area contributed by atoms with Gasteiger partial charge in [0.2, 0.25) is 0 Å². The molecule has 5 heteroatoms. The van der Waals surface area contributed by atoms with Gasteiger partial charge in [0.15, 0.2) is 0 Å². The number of ether oxygens (including phenoxy) is 1. The molecule has 1 heterocycles. The van der Waals surface area contributed by atoms with Crippen LogP contribution >= 0.6 is 0 Å². The summed E-state index contributed by atoms with van der Waals surface area (Å²) in [7, 11) is 0. The van der Waals surface area contributed by atoms with Crippen molar-refractivity contribution in [1.82, 2.24) is 4.90 Å². The van der Waals surface area contributed by atoms with Crippen LogP contribution in [0.2, 0.25) is 0 Å². The third-order valence-corrected chi connectivity index (χ3v) is 5.71. The zero-order valence-corrected chi connectivity index (χ0v) is 18.8. The van der Waals surface area contributed by atoms with Gasteiger partial charge in [0, 0.05) is 12.1 Å². The lowest BCUT2D eigenvalue weighted by molar-refractivity contribution is -0.140. The van der Waals surface area contributed by atoms with Gasteiger partial charge >= 0.3 is 0 Å². The molecule has 1 aliphatic rings. The Balaban J connectivity index is 1.81. The number of aliphatic hydroxyl groups excluding tert-OH is 1. The summed E-state index contributed by atoms with van der Waals surface area (Å²) >= 11 is 0. The fraction of sp³-hybridized carbons (Fsp3) is 0.214.